The van der Waals surface area contributed by atoms with E-state index in [1.807, 2.05) is 18.2 Å². The third-order valence-electron chi connectivity index (χ3n) is 1.68. The first-order valence-corrected chi connectivity index (χ1v) is 5.55. The summed E-state index contributed by atoms with van der Waals surface area (Å²) in [4.78, 5) is 0. The average molecular weight is 353 g/mol. The van der Waals surface area contributed by atoms with Crippen LogP contribution in [0.3, 0.4) is 0 Å². The zero-order valence-electron chi connectivity index (χ0n) is 6.54. The third-order valence-corrected chi connectivity index (χ3v) is 4.01. The average Bonchev–Trinajstić information content (AvgIpc) is 2.62. The van der Waals surface area contributed by atoms with E-state index in [1.54, 1.807) is 12.5 Å². The highest BCUT2D eigenvalue weighted by atomic mass is 127. The minimum Gasteiger partial charge on any atom is -0.455 e. The van der Waals surface area contributed by atoms with E-state index in [9.17, 15) is 0 Å². The fraction of sp³-hybridized carbons (Fsp3) is 0.111. The molecule has 1 aliphatic heterocycles. The van der Waals surface area contributed by atoms with E-state index >= 15 is 0 Å². The van der Waals surface area contributed by atoms with Gasteiger partial charge in [0.2, 0.25) is 0 Å². The smallest absolute Gasteiger partial charge is 0.266 e. The van der Waals surface area contributed by atoms with Gasteiger partial charge in [0.05, 0.1) is 0 Å². The van der Waals surface area contributed by atoms with Gasteiger partial charge in [-0.2, -0.15) is 0 Å². The normalized spacial score (nSPS) is 15.5. The van der Waals surface area contributed by atoms with Gasteiger partial charge in [0.15, 0.2) is 0 Å². The largest absolute Gasteiger partial charge is 0.455 e. The fourth-order valence-corrected chi connectivity index (χ4v) is 1.79. The van der Waals surface area contributed by atoms with E-state index in [-0.39, 0.29) is 6.29 Å². The minimum atomic E-state index is -0.284. The Morgan fingerprint density at radius 2 is 1.92 bits per heavy atom. The maximum absolute atomic E-state index is 5.21. The van der Waals surface area contributed by atoms with Crippen LogP contribution >= 0.6 is 38.5 Å². The molecule has 0 aromatic heterocycles. The molecule has 0 spiro atoms. The monoisotopic (exact) mass is 352 g/mol. The van der Waals surface area contributed by atoms with Gasteiger partial charge in [-0.25, -0.2) is 0 Å². The molecule has 68 valence electrons. The molecule has 0 N–H and O–H groups in total. The molecule has 0 radical (unpaired) electrons. The Bertz CT molecular complexity index is 343. The molecule has 0 unspecified atom stereocenters. The van der Waals surface area contributed by atoms with E-state index < -0.39 is 0 Å². The highest BCUT2D eigenvalue weighted by Crippen LogP contribution is 2.28. The lowest BCUT2D eigenvalue weighted by molar-refractivity contribution is -0.0246. The van der Waals surface area contributed by atoms with E-state index in [4.69, 9.17) is 9.47 Å². The van der Waals surface area contributed by atoms with Crippen LogP contribution in [-0.2, 0) is 9.47 Å². The quantitative estimate of drug-likeness (QED) is 0.719. The van der Waals surface area contributed by atoms with Gasteiger partial charge in [-0.05, 0) is 50.7 Å². The Labute approximate surface area is 98.2 Å². The van der Waals surface area contributed by atoms with Crippen molar-refractivity contribution in [2.45, 2.75) is 6.29 Å². The second-order valence-electron chi connectivity index (χ2n) is 2.55. The molecule has 1 aromatic rings. The Morgan fingerprint density at radius 3 is 2.54 bits per heavy atom. The number of rotatable bonds is 1. The first kappa shape index (κ1) is 9.33. The molecule has 0 saturated carbocycles. The van der Waals surface area contributed by atoms with Crippen molar-refractivity contribution in [1.29, 1.82) is 0 Å². The van der Waals surface area contributed by atoms with Crippen LogP contribution in [0.25, 0.3) is 0 Å². The summed E-state index contributed by atoms with van der Waals surface area (Å²) in [5, 5.41) is 0. The second-order valence-corrected chi connectivity index (χ2v) is 4.57. The predicted molar refractivity (Wildman–Crippen MR) is 60.9 cm³/mol. The van der Waals surface area contributed by atoms with E-state index in [1.165, 1.54) is 3.57 Å². The van der Waals surface area contributed by atoms with Gasteiger partial charge in [0.1, 0.15) is 12.5 Å². The van der Waals surface area contributed by atoms with Crippen molar-refractivity contribution in [3.8, 4) is 0 Å². The summed E-state index contributed by atoms with van der Waals surface area (Å²) < 4.78 is 12.6. The number of benzene rings is 1. The van der Waals surface area contributed by atoms with Crippen molar-refractivity contribution in [3.05, 3.63) is 44.3 Å². The molecule has 1 aliphatic rings. The van der Waals surface area contributed by atoms with Crippen molar-refractivity contribution in [2.75, 3.05) is 0 Å². The molecule has 1 heterocycles. The summed E-state index contributed by atoms with van der Waals surface area (Å²) in [6.07, 6.45) is 2.82. The summed E-state index contributed by atoms with van der Waals surface area (Å²) in [6, 6.07) is 6.01. The first-order valence-electron chi connectivity index (χ1n) is 3.68. The molecule has 0 saturated heterocycles. The highest BCUT2D eigenvalue weighted by Gasteiger charge is 2.15. The number of hydrogen-bond acceptors (Lipinski definition) is 2. The van der Waals surface area contributed by atoms with Gasteiger partial charge in [-0.1, -0.05) is 6.07 Å². The highest BCUT2D eigenvalue weighted by molar-refractivity contribution is 14.1. The summed E-state index contributed by atoms with van der Waals surface area (Å²) in [6.45, 7) is 0. The summed E-state index contributed by atoms with van der Waals surface area (Å²) in [5.74, 6) is 0. The minimum absolute atomic E-state index is 0.284. The molecule has 0 bridgehead atoms. The van der Waals surface area contributed by atoms with Crippen molar-refractivity contribution >= 4 is 38.5 Å². The Hall–Kier alpha value is -0.230. The van der Waals surface area contributed by atoms with Gasteiger partial charge < -0.3 is 9.47 Å². The Kier molecular flexibility index (Phi) is 2.78. The molecular weight excluding hydrogens is 347 g/mol. The maximum atomic E-state index is 5.21. The van der Waals surface area contributed by atoms with Crippen molar-refractivity contribution in [3.63, 3.8) is 0 Å². The van der Waals surface area contributed by atoms with Crippen LogP contribution in [0.4, 0.5) is 0 Å². The fourth-order valence-electron chi connectivity index (χ4n) is 1.06. The van der Waals surface area contributed by atoms with E-state index in [2.05, 4.69) is 38.5 Å². The second kappa shape index (κ2) is 3.88. The van der Waals surface area contributed by atoms with Crippen LogP contribution in [0.15, 0.2) is 35.2 Å². The van der Waals surface area contributed by atoms with Crippen LogP contribution in [0.5, 0.6) is 0 Å². The van der Waals surface area contributed by atoms with Gasteiger partial charge in [-0.3, -0.25) is 0 Å². The molecule has 1 aromatic carbocycles. The zero-order valence-corrected chi connectivity index (χ0v) is 10.3. The van der Waals surface area contributed by atoms with Crippen LogP contribution in [0.1, 0.15) is 11.9 Å². The van der Waals surface area contributed by atoms with Gasteiger partial charge >= 0.3 is 0 Å². The zero-order chi connectivity index (χ0) is 9.26. The lowest BCUT2D eigenvalue weighted by Crippen LogP contribution is -1.97. The molecule has 0 amide bonds. The Morgan fingerprint density at radius 1 is 1.23 bits per heavy atom. The van der Waals surface area contributed by atoms with Crippen molar-refractivity contribution in [2.24, 2.45) is 0 Å². The van der Waals surface area contributed by atoms with Gasteiger partial charge in [0, 0.05) is 13.6 Å². The first-order chi connectivity index (χ1) is 6.27. The van der Waals surface area contributed by atoms with E-state index in [0.29, 0.717) is 0 Å². The molecule has 0 atom stereocenters. The van der Waals surface area contributed by atoms with Crippen LogP contribution in [-0.4, -0.2) is 0 Å². The number of hydrogen-bond donors (Lipinski definition) is 0. The lowest BCUT2D eigenvalue weighted by atomic mass is 10.2. The topological polar surface area (TPSA) is 18.5 Å². The lowest BCUT2D eigenvalue weighted by Gasteiger charge is -2.10. The SMILES string of the molecule is Brc1cc(C2OC=CO2)ccc1I. The molecule has 13 heavy (non-hydrogen) atoms. The van der Waals surface area contributed by atoms with Crippen LogP contribution < -0.4 is 0 Å². The summed E-state index contributed by atoms with van der Waals surface area (Å²) in [5.41, 5.74) is 1.01. The summed E-state index contributed by atoms with van der Waals surface area (Å²) >= 11 is 5.71. The third kappa shape index (κ3) is 1.99. The van der Waals surface area contributed by atoms with Crippen molar-refractivity contribution < 1.29 is 9.47 Å². The molecule has 0 aliphatic carbocycles. The Balaban J connectivity index is 2.26. The molecule has 2 nitrogen and oxygen atoms in total. The summed E-state index contributed by atoms with van der Waals surface area (Å²) in [7, 11) is 0. The van der Waals surface area contributed by atoms with Crippen LogP contribution in [0, 0.1) is 3.57 Å². The predicted octanol–water partition coefficient (Wildman–Crippen LogP) is 3.57. The molecular formula is C9H6BrIO2. The van der Waals surface area contributed by atoms with Crippen LogP contribution in [0.2, 0.25) is 0 Å². The maximum Gasteiger partial charge on any atom is 0.266 e. The van der Waals surface area contributed by atoms with Gasteiger partial charge in [-0.15, -0.1) is 0 Å². The molecule has 2 rings (SSSR count). The standard InChI is InChI=1S/C9H6BrIO2/c10-7-5-6(1-2-8(7)11)9-12-3-4-13-9/h1-5,9H. The molecule has 0 fully saturated rings. The van der Waals surface area contributed by atoms with Crippen molar-refractivity contribution in [1.82, 2.24) is 0 Å². The molecule has 4 heteroatoms. The number of ether oxygens (including phenoxy) is 2. The van der Waals surface area contributed by atoms with Gasteiger partial charge in [0.25, 0.3) is 6.29 Å². The number of halogens is 2. The van der Waals surface area contributed by atoms with E-state index in [0.717, 1.165) is 10.0 Å².